The number of ether oxygens (including phenoxy) is 1. The van der Waals surface area contributed by atoms with Crippen molar-refractivity contribution in [3.63, 3.8) is 0 Å². The summed E-state index contributed by atoms with van der Waals surface area (Å²) in [4.78, 5) is 6.05. The van der Waals surface area contributed by atoms with Crippen LogP contribution < -0.4 is 5.32 Å². The molecule has 0 bridgehead atoms. The fourth-order valence-corrected chi connectivity index (χ4v) is 4.58. The molecular formula is C18H19N3OS2. The van der Waals surface area contributed by atoms with Gasteiger partial charge in [0.15, 0.2) is 0 Å². The van der Waals surface area contributed by atoms with E-state index in [-0.39, 0.29) is 5.60 Å². The molecule has 1 N–H and O–H groups in total. The summed E-state index contributed by atoms with van der Waals surface area (Å²) in [6, 6.07) is 12.5. The minimum atomic E-state index is -0.293. The maximum atomic E-state index is 6.08. The lowest BCUT2D eigenvalue weighted by Gasteiger charge is -2.34. The van der Waals surface area contributed by atoms with E-state index in [1.165, 1.54) is 27.5 Å². The molecular weight excluding hydrogens is 338 g/mol. The van der Waals surface area contributed by atoms with Crippen molar-refractivity contribution >= 4 is 28.0 Å². The minimum absolute atomic E-state index is 0.293. The maximum Gasteiger partial charge on any atom is 0.202 e. The molecule has 124 valence electrons. The van der Waals surface area contributed by atoms with Crippen LogP contribution in [0.2, 0.25) is 0 Å². The zero-order chi connectivity index (χ0) is 16.4. The van der Waals surface area contributed by atoms with E-state index in [0.29, 0.717) is 6.54 Å². The van der Waals surface area contributed by atoms with E-state index < -0.39 is 0 Å². The molecule has 1 unspecified atom stereocenters. The molecule has 0 saturated heterocycles. The van der Waals surface area contributed by atoms with Gasteiger partial charge in [0.25, 0.3) is 0 Å². The summed E-state index contributed by atoms with van der Waals surface area (Å²) >= 11 is 3.24. The highest BCUT2D eigenvalue weighted by atomic mass is 32.1. The Labute approximate surface area is 149 Å². The van der Waals surface area contributed by atoms with Gasteiger partial charge in [0.05, 0.1) is 13.2 Å². The largest absolute Gasteiger partial charge is 0.368 e. The SMILES string of the molecule is CC1(CNc2nc(Cc3ccccc3)ns2)OCCc2sccc21. The normalized spacial score (nSPS) is 19.9. The lowest BCUT2D eigenvalue weighted by atomic mass is 9.93. The molecule has 4 nitrogen and oxygen atoms in total. The molecule has 0 fully saturated rings. The van der Waals surface area contributed by atoms with Crippen LogP contribution in [0.5, 0.6) is 0 Å². The molecule has 24 heavy (non-hydrogen) atoms. The van der Waals surface area contributed by atoms with Crippen molar-refractivity contribution in [2.24, 2.45) is 0 Å². The number of anilines is 1. The molecule has 0 saturated carbocycles. The average molecular weight is 358 g/mol. The number of rotatable bonds is 5. The second kappa shape index (κ2) is 6.63. The third kappa shape index (κ3) is 3.22. The predicted octanol–water partition coefficient (Wildman–Crippen LogP) is 4.09. The number of hydrogen-bond donors (Lipinski definition) is 1. The Kier molecular flexibility index (Phi) is 4.35. The number of aromatic nitrogens is 2. The van der Waals surface area contributed by atoms with E-state index in [1.54, 1.807) is 0 Å². The molecule has 0 amide bonds. The zero-order valence-corrected chi connectivity index (χ0v) is 15.1. The molecule has 1 atom stereocenters. The number of fused-ring (bicyclic) bond motifs is 1. The highest BCUT2D eigenvalue weighted by molar-refractivity contribution is 7.10. The molecule has 3 aromatic rings. The van der Waals surface area contributed by atoms with E-state index in [2.05, 4.69) is 45.2 Å². The number of thiophene rings is 1. The van der Waals surface area contributed by atoms with E-state index in [1.807, 2.05) is 29.5 Å². The van der Waals surface area contributed by atoms with Crippen LogP contribution in [0.3, 0.4) is 0 Å². The maximum absolute atomic E-state index is 6.08. The molecule has 0 aliphatic carbocycles. The van der Waals surface area contributed by atoms with Gasteiger partial charge in [0.1, 0.15) is 11.4 Å². The summed E-state index contributed by atoms with van der Waals surface area (Å²) < 4.78 is 10.5. The van der Waals surface area contributed by atoms with Gasteiger partial charge < -0.3 is 10.1 Å². The average Bonchev–Trinajstić information content (AvgIpc) is 3.24. The Bertz CT molecular complexity index is 815. The van der Waals surface area contributed by atoms with Gasteiger partial charge in [-0.2, -0.15) is 4.37 Å². The first-order valence-corrected chi connectivity index (χ1v) is 9.69. The van der Waals surface area contributed by atoms with Crippen molar-refractivity contribution in [2.45, 2.75) is 25.4 Å². The fraction of sp³-hybridized carbons (Fsp3) is 0.333. The van der Waals surface area contributed by atoms with E-state index in [9.17, 15) is 0 Å². The molecule has 1 aromatic carbocycles. The van der Waals surface area contributed by atoms with Gasteiger partial charge in [0, 0.05) is 29.3 Å². The first-order chi connectivity index (χ1) is 11.7. The summed E-state index contributed by atoms with van der Waals surface area (Å²) in [7, 11) is 0. The minimum Gasteiger partial charge on any atom is -0.368 e. The van der Waals surface area contributed by atoms with Crippen LogP contribution in [0.4, 0.5) is 5.13 Å². The van der Waals surface area contributed by atoms with Gasteiger partial charge in [-0.3, -0.25) is 0 Å². The van der Waals surface area contributed by atoms with Crippen LogP contribution in [0, 0.1) is 0 Å². The van der Waals surface area contributed by atoms with Gasteiger partial charge in [-0.15, -0.1) is 11.3 Å². The quantitative estimate of drug-likeness (QED) is 0.747. The Hall–Kier alpha value is -1.76. The lowest BCUT2D eigenvalue weighted by molar-refractivity contribution is -0.0347. The van der Waals surface area contributed by atoms with Crippen LogP contribution in [0.15, 0.2) is 41.8 Å². The summed E-state index contributed by atoms with van der Waals surface area (Å²) in [6.45, 7) is 3.63. The zero-order valence-electron chi connectivity index (χ0n) is 13.5. The van der Waals surface area contributed by atoms with E-state index in [0.717, 1.165) is 30.4 Å². The summed E-state index contributed by atoms with van der Waals surface area (Å²) in [5.74, 6) is 0.861. The molecule has 0 spiro atoms. The van der Waals surface area contributed by atoms with Crippen molar-refractivity contribution in [3.05, 3.63) is 63.6 Å². The number of benzene rings is 1. The van der Waals surface area contributed by atoms with Crippen molar-refractivity contribution in [3.8, 4) is 0 Å². The van der Waals surface area contributed by atoms with E-state index in [4.69, 9.17) is 4.74 Å². The molecule has 3 heterocycles. The second-order valence-electron chi connectivity index (χ2n) is 6.12. The third-order valence-corrected chi connectivity index (χ3v) is 6.01. The first-order valence-electron chi connectivity index (χ1n) is 8.04. The van der Waals surface area contributed by atoms with Crippen molar-refractivity contribution < 1.29 is 4.74 Å². The first kappa shape index (κ1) is 15.7. The lowest BCUT2D eigenvalue weighted by Crippen LogP contribution is -2.38. The number of nitrogens with one attached hydrogen (secondary N) is 1. The second-order valence-corrected chi connectivity index (χ2v) is 7.87. The highest BCUT2D eigenvalue weighted by Gasteiger charge is 2.34. The van der Waals surface area contributed by atoms with Gasteiger partial charge in [0.2, 0.25) is 5.13 Å². The summed E-state index contributed by atoms with van der Waals surface area (Å²) in [5.41, 5.74) is 2.24. The Morgan fingerprint density at radius 3 is 3.00 bits per heavy atom. The van der Waals surface area contributed by atoms with Crippen LogP contribution >= 0.6 is 22.9 Å². The Morgan fingerprint density at radius 2 is 2.12 bits per heavy atom. The van der Waals surface area contributed by atoms with Gasteiger partial charge in [-0.05, 0) is 29.5 Å². The van der Waals surface area contributed by atoms with Crippen LogP contribution in [0.25, 0.3) is 0 Å². The smallest absolute Gasteiger partial charge is 0.202 e. The summed E-state index contributed by atoms with van der Waals surface area (Å²) in [5, 5.41) is 6.42. The number of hydrogen-bond acceptors (Lipinski definition) is 6. The molecule has 1 aliphatic heterocycles. The Balaban J connectivity index is 1.42. The monoisotopic (exact) mass is 357 g/mol. The molecule has 0 radical (unpaired) electrons. The summed E-state index contributed by atoms with van der Waals surface area (Å²) in [6.07, 6.45) is 1.78. The third-order valence-electron chi connectivity index (χ3n) is 4.32. The highest BCUT2D eigenvalue weighted by Crippen LogP contribution is 2.36. The molecule has 1 aliphatic rings. The fourth-order valence-electron chi connectivity index (χ4n) is 3.02. The van der Waals surface area contributed by atoms with Gasteiger partial charge >= 0.3 is 0 Å². The van der Waals surface area contributed by atoms with Crippen LogP contribution in [0.1, 0.15) is 28.8 Å². The van der Waals surface area contributed by atoms with Crippen molar-refractivity contribution in [2.75, 3.05) is 18.5 Å². The standard InChI is InChI=1S/C18H19N3OS2/c1-18(14-8-10-23-15(14)7-9-22-18)12-19-17-20-16(21-24-17)11-13-5-3-2-4-6-13/h2-6,8,10H,7,9,11-12H2,1H3,(H,19,20,21). The van der Waals surface area contributed by atoms with E-state index >= 15 is 0 Å². The van der Waals surface area contributed by atoms with Crippen LogP contribution in [-0.2, 0) is 23.2 Å². The molecule has 2 aromatic heterocycles. The van der Waals surface area contributed by atoms with Crippen molar-refractivity contribution in [1.82, 2.24) is 9.36 Å². The predicted molar refractivity (Wildman–Crippen MR) is 99.0 cm³/mol. The van der Waals surface area contributed by atoms with Crippen LogP contribution in [-0.4, -0.2) is 22.5 Å². The Morgan fingerprint density at radius 1 is 1.25 bits per heavy atom. The van der Waals surface area contributed by atoms with Crippen molar-refractivity contribution in [1.29, 1.82) is 0 Å². The topological polar surface area (TPSA) is 47.0 Å². The van der Waals surface area contributed by atoms with Gasteiger partial charge in [-0.25, -0.2) is 4.98 Å². The molecule has 4 rings (SSSR count). The van der Waals surface area contributed by atoms with Gasteiger partial charge in [-0.1, -0.05) is 30.3 Å². The number of nitrogens with zero attached hydrogens (tertiary/aromatic N) is 2. The molecule has 6 heteroatoms.